The number of fused-ring (bicyclic) bond motifs is 3. The number of nitrogens with one attached hydrogen (secondary N) is 1. The number of aryl methyl sites for hydroxylation is 1. The highest BCUT2D eigenvalue weighted by Gasteiger charge is 2.41. The largest absolute Gasteiger partial charge is 0.361 e. The molecule has 0 aliphatic heterocycles. The molecule has 2 atom stereocenters. The molecule has 0 spiro atoms. The molecule has 0 amide bonds. The summed E-state index contributed by atoms with van der Waals surface area (Å²) in [5.41, 5.74) is 4.51. The maximum absolute atomic E-state index is 3.35. The van der Waals surface area contributed by atoms with Gasteiger partial charge in [-0.1, -0.05) is 13.0 Å². The fourth-order valence-corrected chi connectivity index (χ4v) is 2.34. The zero-order chi connectivity index (χ0) is 8.13. The van der Waals surface area contributed by atoms with Crippen molar-refractivity contribution in [2.24, 2.45) is 5.92 Å². The number of H-pyrrole nitrogens is 1. The van der Waals surface area contributed by atoms with Crippen LogP contribution in [0.15, 0.2) is 12.3 Å². The van der Waals surface area contributed by atoms with E-state index in [1.54, 1.807) is 5.56 Å². The van der Waals surface area contributed by atoms with Crippen LogP contribution < -0.4 is 0 Å². The minimum atomic E-state index is 0.867. The summed E-state index contributed by atoms with van der Waals surface area (Å²) in [4.78, 5) is 3.35. The third kappa shape index (κ3) is 0.689. The molecule has 62 valence electrons. The Morgan fingerprint density at radius 2 is 2.50 bits per heavy atom. The topological polar surface area (TPSA) is 15.8 Å². The van der Waals surface area contributed by atoms with Gasteiger partial charge in [0.15, 0.2) is 0 Å². The lowest BCUT2D eigenvalue weighted by Gasteiger charge is -2.05. The molecule has 0 aromatic carbocycles. The van der Waals surface area contributed by atoms with Crippen molar-refractivity contribution in [3.8, 4) is 0 Å². The van der Waals surface area contributed by atoms with E-state index < -0.39 is 0 Å². The van der Waals surface area contributed by atoms with Gasteiger partial charge >= 0.3 is 0 Å². The molecular weight excluding hydrogens is 146 g/mol. The second-order valence-corrected chi connectivity index (χ2v) is 3.86. The quantitative estimate of drug-likeness (QED) is 0.648. The van der Waals surface area contributed by atoms with Gasteiger partial charge in [-0.15, -0.1) is 0 Å². The summed E-state index contributed by atoms with van der Waals surface area (Å²) >= 11 is 0. The fourth-order valence-electron chi connectivity index (χ4n) is 2.34. The lowest BCUT2D eigenvalue weighted by Crippen LogP contribution is -1.92. The van der Waals surface area contributed by atoms with E-state index in [1.165, 1.54) is 24.1 Å². The van der Waals surface area contributed by atoms with E-state index in [0.29, 0.717) is 0 Å². The van der Waals surface area contributed by atoms with E-state index in [2.05, 4.69) is 30.3 Å². The predicted molar refractivity (Wildman–Crippen MR) is 50.1 cm³/mol. The van der Waals surface area contributed by atoms with Gasteiger partial charge in [0.05, 0.1) is 0 Å². The van der Waals surface area contributed by atoms with Crippen molar-refractivity contribution in [2.45, 2.75) is 25.7 Å². The number of hydrogen-bond acceptors (Lipinski definition) is 0. The second kappa shape index (κ2) is 2.03. The molecular formula is C11H13N. The Kier molecular flexibility index (Phi) is 1.11. The van der Waals surface area contributed by atoms with Crippen LogP contribution in [0.25, 0.3) is 6.08 Å². The molecule has 3 rings (SSSR count). The fraction of sp³-hybridized carbons (Fsp3) is 0.455. The normalized spacial score (nSPS) is 29.8. The van der Waals surface area contributed by atoms with Crippen molar-refractivity contribution in [3.63, 3.8) is 0 Å². The number of aromatic nitrogens is 1. The maximum atomic E-state index is 3.35. The molecule has 2 aliphatic carbocycles. The standard InChI is InChI=1S/C11H13N/c1-2-7-6-12-10-4-3-8-5-9(8)11(7)10/h3-4,6,8-9,12H,2,5H2,1H3. The Bertz CT molecular complexity index is 346. The van der Waals surface area contributed by atoms with E-state index >= 15 is 0 Å². The Hall–Kier alpha value is -0.980. The molecule has 12 heavy (non-hydrogen) atoms. The van der Waals surface area contributed by atoms with Crippen LogP contribution in [0.1, 0.15) is 36.1 Å². The lowest BCUT2D eigenvalue weighted by molar-refractivity contribution is 0.967. The minimum Gasteiger partial charge on any atom is -0.361 e. The Morgan fingerprint density at radius 1 is 1.58 bits per heavy atom. The van der Waals surface area contributed by atoms with Crippen LogP contribution in [0.4, 0.5) is 0 Å². The van der Waals surface area contributed by atoms with E-state index in [1.807, 2.05) is 0 Å². The van der Waals surface area contributed by atoms with Crippen molar-refractivity contribution in [2.75, 3.05) is 0 Å². The number of rotatable bonds is 1. The molecule has 0 radical (unpaired) electrons. The third-order valence-electron chi connectivity index (χ3n) is 3.14. The molecule has 1 heterocycles. The first-order chi connectivity index (χ1) is 5.90. The van der Waals surface area contributed by atoms with Gasteiger partial charge in [-0.2, -0.15) is 0 Å². The van der Waals surface area contributed by atoms with E-state index in [0.717, 1.165) is 11.8 Å². The predicted octanol–water partition coefficient (Wildman–Crippen LogP) is 2.71. The summed E-state index contributed by atoms with van der Waals surface area (Å²) in [6.45, 7) is 2.24. The zero-order valence-corrected chi connectivity index (χ0v) is 7.30. The monoisotopic (exact) mass is 159 g/mol. The molecule has 0 bridgehead atoms. The van der Waals surface area contributed by atoms with Crippen LogP contribution in [-0.2, 0) is 6.42 Å². The summed E-state index contributed by atoms with van der Waals surface area (Å²) in [5.74, 6) is 1.74. The molecule has 1 aromatic heterocycles. The van der Waals surface area contributed by atoms with Crippen LogP contribution in [-0.4, -0.2) is 4.98 Å². The van der Waals surface area contributed by atoms with Gasteiger partial charge in [-0.05, 0) is 41.9 Å². The first-order valence-corrected chi connectivity index (χ1v) is 4.78. The maximum Gasteiger partial charge on any atom is 0.0415 e. The smallest absolute Gasteiger partial charge is 0.0415 e. The lowest BCUT2D eigenvalue weighted by atomic mass is 9.99. The molecule has 2 unspecified atom stereocenters. The molecule has 1 aromatic rings. The average molecular weight is 159 g/mol. The van der Waals surface area contributed by atoms with E-state index in [9.17, 15) is 0 Å². The number of hydrogen-bond donors (Lipinski definition) is 1. The van der Waals surface area contributed by atoms with Crippen LogP contribution in [0, 0.1) is 5.92 Å². The van der Waals surface area contributed by atoms with Crippen LogP contribution in [0.3, 0.4) is 0 Å². The molecule has 1 nitrogen and oxygen atoms in total. The highest BCUT2D eigenvalue weighted by Crippen LogP contribution is 2.53. The van der Waals surface area contributed by atoms with Crippen molar-refractivity contribution >= 4 is 6.08 Å². The van der Waals surface area contributed by atoms with Crippen molar-refractivity contribution in [1.82, 2.24) is 4.98 Å². The van der Waals surface area contributed by atoms with Gasteiger partial charge < -0.3 is 4.98 Å². The molecule has 1 saturated carbocycles. The Labute approximate surface area is 72.5 Å². The van der Waals surface area contributed by atoms with Gasteiger partial charge in [-0.3, -0.25) is 0 Å². The van der Waals surface area contributed by atoms with E-state index in [4.69, 9.17) is 0 Å². The summed E-state index contributed by atoms with van der Waals surface area (Å²) in [6, 6.07) is 0. The van der Waals surface area contributed by atoms with Gasteiger partial charge in [0.2, 0.25) is 0 Å². The third-order valence-corrected chi connectivity index (χ3v) is 3.14. The van der Waals surface area contributed by atoms with Crippen LogP contribution in [0.5, 0.6) is 0 Å². The first kappa shape index (κ1) is 6.53. The average Bonchev–Trinajstić information content (AvgIpc) is 2.78. The van der Waals surface area contributed by atoms with Gasteiger partial charge in [0.25, 0.3) is 0 Å². The highest BCUT2D eigenvalue weighted by atomic mass is 14.7. The van der Waals surface area contributed by atoms with Crippen molar-refractivity contribution in [3.05, 3.63) is 29.1 Å². The van der Waals surface area contributed by atoms with Gasteiger partial charge in [-0.25, -0.2) is 0 Å². The van der Waals surface area contributed by atoms with Crippen molar-refractivity contribution in [1.29, 1.82) is 0 Å². The second-order valence-electron chi connectivity index (χ2n) is 3.86. The van der Waals surface area contributed by atoms with Crippen molar-refractivity contribution < 1.29 is 0 Å². The first-order valence-electron chi connectivity index (χ1n) is 4.78. The number of aromatic amines is 1. The SMILES string of the molecule is CCc1c[nH]c2c1C1CC1C=C2. The van der Waals surface area contributed by atoms with Crippen LogP contribution in [0.2, 0.25) is 0 Å². The molecule has 1 heteroatoms. The van der Waals surface area contributed by atoms with Gasteiger partial charge in [0, 0.05) is 11.9 Å². The molecule has 1 fully saturated rings. The zero-order valence-electron chi connectivity index (χ0n) is 7.30. The molecule has 0 saturated heterocycles. The number of allylic oxidation sites excluding steroid dienone is 1. The summed E-state index contributed by atoms with van der Waals surface area (Å²) in [6.07, 6.45) is 9.33. The molecule has 1 N–H and O–H groups in total. The molecule has 2 aliphatic rings. The summed E-state index contributed by atoms with van der Waals surface area (Å²) < 4.78 is 0. The van der Waals surface area contributed by atoms with E-state index in [-0.39, 0.29) is 0 Å². The Balaban J connectivity index is 2.18. The Morgan fingerprint density at radius 3 is 3.33 bits per heavy atom. The summed E-state index contributed by atoms with van der Waals surface area (Å²) in [7, 11) is 0. The van der Waals surface area contributed by atoms with Crippen LogP contribution >= 0.6 is 0 Å². The minimum absolute atomic E-state index is 0.867. The summed E-state index contributed by atoms with van der Waals surface area (Å²) in [5, 5.41) is 0. The highest BCUT2D eigenvalue weighted by molar-refractivity contribution is 5.60. The van der Waals surface area contributed by atoms with Gasteiger partial charge in [0.1, 0.15) is 0 Å².